The molecule has 0 atom stereocenters. The number of esters is 2. The van der Waals surface area contributed by atoms with Crippen LogP contribution in [0.15, 0.2) is 48.6 Å². The lowest BCUT2D eigenvalue weighted by molar-refractivity contribution is -0.144. The third-order valence-electron chi connectivity index (χ3n) is 10.1. The molecule has 0 aromatic rings. The Hall–Kier alpha value is -2.18. The van der Waals surface area contributed by atoms with Crippen LogP contribution < -0.4 is 0 Å². The van der Waals surface area contributed by atoms with Crippen LogP contribution in [0, 0.1) is 0 Å². The number of hydrogen-bond acceptors (Lipinski definition) is 6. The molecule has 6 nitrogen and oxygen atoms in total. The van der Waals surface area contributed by atoms with E-state index in [1.807, 2.05) is 0 Å². The molecule has 0 aliphatic heterocycles. The normalized spacial score (nSPS) is 12.2. The summed E-state index contributed by atoms with van der Waals surface area (Å²) in [5.74, 6) is -0.268. The van der Waals surface area contributed by atoms with Gasteiger partial charge in [0.1, 0.15) is 0 Å². The zero-order valence-electron chi connectivity index (χ0n) is 36.2. The van der Waals surface area contributed by atoms with E-state index in [2.05, 4.69) is 86.1 Å². The topological polar surface area (TPSA) is 59.1 Å². The first-order valence-electron chi connectivity index (χ1n) is 22.9. The highest BCUT2D eigenvalue weighted by molar-refractivity contribution is 5.70. The second kappa shape index (κ2) is 43.5. The summed E-state index contributed by atoms with van der Waals surface area (Å²) in [7, 11) is 0. The minimum absolute atomic E-state index is 0.134. The zero-order valence-corrected chi connectivity index (χ0v) is 36.2. The number of carbonyl (C=O) groups is 2. The Morgan fingerprint density at radius 1 is 0.389 bits per heavy atom. The van der Waals surface area contributed by atoms with Gasteiger partial charge in [0.15, 0.2) is 0 Å². The molecular formula is C48H88N2O4. The second-order valence-electron chi connectivity index (χ2n) is 15.0. The van der Waals surface area contributed by atoms with Crippen molar-refractivity contribution in [1.29, 1.82) is 0 Å². The maximum atomic E-state index is 12.5. The molecule has 0 aliphatic rings. The molecule has 0 aliphatic carbocycles. The molecule has 0 N–H and O–H groups in total. The molecule has 0 aromatic heterocycles. The molecule has 0 radical (unpaired) electrons. The summed E-state index contributed by atoms with van der Waals surface area (Å²) in [6, 6.07) is 0. The summed E-state index contributed by atoms with van der Waals surface area (Å²) in [4.78, 5) is 29.6. The van der Waals surface area contributed by atoms with Gasteiger partial charge in [0.2, 0.25) is 0 Å². The number of ether oxygens (including phenoxy) is 2. The number of rotatable bonds is 41. The molecule has 0 unspecified atom stereocenters. The third-order valence-corrected chi connectivity index (χ3v) is 10.1. The van der Waals surface area contributed by atoms with Gasteiger partial charge in [0.25, 0.3) is 0 Å². The summed E-state index contributed by atoms with van der Waals surface area (Å²) in [5, 5.41) is 0. The number of carbonyl (C=O) groups excluding carboxylic acids is 2. The second-order valence-corrected chi connectivity index (χ2v) is 15.0. The number of hydrogen-bond donors (Lipinski definition) is 0. The zero-order chi connectivity index (χ0) is 39.4. The van der Waals surface area contributed by atoms with Crippen molar-refractivity contribution in [3.63, 3.8) is 0 Å². The van der Waals surface area contributed by atoms with Crippen molar-refractivity contribution < 1.29 is 19.1 Å². The van der Waals surface area contributed by atoms with E-state index >= 15 is 0 Å². The molecule has 54 heavy (non-hydrogen) atoms. The van der Waals surface area contributed by atoms with Crippen molar-refractivity contribution in [1.82, 2.24) is 9.80 Å². The molecule has 0 heterocycles. The molecule has 0 fully saturated rings. The lowest BCUT2D eigenvalue weighted by Crippen LogP contribution is -2.37. The maximum Gasteiger partial charge on any atom is 0.307 e. The van der Waals surface area contributed by atoms with Gasteiger partial charge in [-0.05, 0) is 90.1 Å². The number of likely N-dealkylation sites (N-methyl/N-ethyl adjacent to an activating group) is 1. The van der Waals surface area contributed by atoms with Crippen LogP contribution in [0.3, 0.4) is 0 Å². The molecule has 0 rings (SSSR count). The summed E-state index contributed by atoms with van der Waals surface area (Å²) >= 11 is 0. The van der Waals surface area contributed by atoms with Crippen LogP contribution in [0.5, 0.6) is 0 Å². The quantitative estimate of drug-likeness (QED) is 0.0352. The predicted octanol–water partition coefficient (Wildman–Crippen LogP) is 13.1. The van der Waals surface area contributed by atoms with E-state index in [-0.39, 0.29) is 11.9 Å². The summed E-state index contributed by atoms with van der Waals surface area (Å²) in [5.41, 5.74) is 0. The molecule has 0 saturated carbocycles. The van der Waals surface area contributed by atoms with Crippen molar-refractivity contribution in [3.05, 3.63) is 48.6 Å². The van der Waals surface area contributed by atoms with Crippen LogP contribution in [0.1, 0.15) is 195 Å². The van der Waals surface area contributed by atoms with Gasteiger partial charge < -0.3 is 19.3 Å². The molecule has 0 aromatic carbocycles. The van der Waals surface area contributed by atoms with Crippen molar-refractivity contribution in [2.75, 3.05) is 52.5 Å². The van der Waals surface area contributed by atoms with Gasteiger partial charge in [-0.1, -0.05) is 153 Å². The van der Waals surface area contributed by atoms with Crippen LogP contribution >= 0.6 is 0 Å². The fourth-order valence-corrected chi connectivity index (χ4v) is 6.35. The number of unbranched alkanes of at least 4 members (excludes halogenated alkanes) is 18. The van der Waals surface area contributed by atoms with Gasteiger partial charge in [-0.2, -0.15) is 0 Å². The van der Waals surface area contributed by atoms with E-state index in [0.29, 0.717) is 39.1 Å². The Morgan fingerprint density at radius 3 is 1.09 bits per heavy atom. The summed E-state index contributed by atoms with van der Waals surface area (Å²) < 4.78 is 11.1. The van der Waals surface area contributed by atoms with Crippen LogP contribution in [-0.4, -0.2) is 74.2 Å². The van der Waals surface area contributed by atoms with Crippen molar-refractivity contribution in [2.24, 2.45) is 0 Å². The third kappa shape index (κ3) is 39.5. The average molecular weight is 757 g/mol. The van der Waals surface area contributed by atoms with Gasteiger partial charge in [0, 0.05) is 26.2 Å². The van der Waals surface area contributed by atoms with Crippen LogP contribution in [0.4, 0.5) is 0 Å². The van der Waals surface area contributed by atoms with Crippen LogP contribution in [-0.2, 0) is 19.1 Å². The van der Waals surface area contributed by atoms with Crippen molar-refractivity contribution in [3.8, 4) is 0 Å². The van der Waals surface area contributed by atoms with E-state index in [4.69, 9.17) is 9.47 Å². The molecule has 0 saturated heterocycles. The molecule has 0 amide bonds. The smallest absolute Gasteiger partial charge is 0.307 e. The highest BCUT2D eigenvalue weighted by atomic mass is 16.5. The fraction of sp³-hybridized carbons (Fsp3) is 0.792. The predicted molar refractivity (Wildman–Crippen MR) is 234 cm³/mol. The highest BCUT2D eigenvalue weighted by Gasteiger charge is 2.13. The van der Waals surface area contributed by atoms with Gasteiger partial charge in [-0.15, -0.1) is 0 Å². The summed E-state index contributed by atoms with van der Waals surface area (Å²) in [6.07, 6.45) is 48.0. The Morgan fingerprint density at radius 2 is 0.722 bits per heavy atom. The number of nitrogens with zero attached hydrogens (tertiary/aromatic N) is 2. The minimum atomic E-state index is -0.134. The van der Waals surface area contributed by atoms with Gasteiger partial charge in [-0.25, -0.2) is 0 Å². The largest absolute Gasteiger partial charge is 0.466 e. The standard InChI is InChI=1S/C48H88N2O4/c1-5-9-11-13-15-17-19-21-23-25-27-29-31-33-35-37-45-53-47(51)39-41-50(44-43-49(7-3)8-4)42-40-48(52)54-46-38-36-34-32-30-28-26-24-22-20-18-16-14-12-10-6-2/h15-18,21-24H,5-14,19-20,25-46H2,1-4H3/b17-15-,18-16-,23-21-,24-22-. The molecule has 314 valence electrons. The first kappa shape index (κ1) is 51.8. The van der Waals surface area contributed by atoms with Gasteiger partial charge in [0.05, 0.1) is 26.1 Å². The SMILES string of the molecule is CCCCC/C=C\C/C=C\CCCCCCCCOC(=O)CCN(CCC(=O)OCCCCCCCC/C=C\C/C=C\CCCCC)CCN(CC)CC. The first-order chi connectivity index (χ1) is 26.6. The first-order valence-corrected chi connectivity index (χ1v) is 22.9. The Bertz CT molecular complexity index is 858. The lowest BCUT2D eigenvalue weighted by atomic mass is 10.1. The van der Waals surface area contributed by atoms with Crippen LogP contribution in [0.2, 0.25) is 0 Å². The van der Waals surface area contributed by atoms with Gasteiger partial charge >= 0.3 is 11.9 Å². The van der Waals surface area contributed by atoms with E-state index in [1.165, 1.54) is 116 Å². The Balaban J connectivity index is 3.99. The van der Waals surface area contributed by atoms with Crippen molar-refractivity contribution >= 4 is 11.9 Å². The van der Waals surface area contributed by atoms with Crippen molar-refractivity contribution in [2.45, 2.75) is 195 Å². The molecule has 6 heteroatoms. The monoisotopic (exact) mass is 757 g/mol. The van der Waals surface area contributed by atoms with E-state index < -0.39 is 0 Å². The van der Waals surface area contributed by atoms with Crippen LogP contribution in [0.25, 0.3) is 0 Å². The Kier molecular flexibility index (Phi) is 41.8. The van der Waals surface area contributed by atoms with E-state index in [0.717, 1.165) is 64.7 Å². The molecule has 0 spiro atoms. The van der Waals surface area contributed by atoms with Gasteiger partial charge in [-0.3, -0.25) is 9.59 Å². The summed E-state index contributed by atoms with van der Waals surface area (Å²) in [6.45, 7) is 14.8. The minimum Gasteiger partial charge on any atom is -0.466 e. The van der Waals surface area contributed by atoms with E-state index in [9.17, 15) is 9.59 Å². The number of allylic oxidation sites excluding steroid dienone is 8. The van der Waals surface area contributed by atoms with E-state index in [1.54, 1.807) is 0 Å². The molecule has 0 bridgehead atoms. The fourth-order valence-electron chi connectivity index (χ4n) is 6.35. The Labute approximate surface area is 335 Å². The molecular weight excluding hydrogens is 669 g/mol. The highest BCUT2D eigenvalue weighted by Crippen LogP contribution is 2.10. The maximum absolute atomic E-state index is 12.5. The lowest BCUT2D eigenvalue weighted by Gasteiger charge is -2.25. The average Bonchev–Trinajstić information content (AvgIpc) is 3.18.